The van der Waals surface area contributed by atoms with Gasteiger partial charge in [-0.2, -0.15) is 0 Å². The van der Waals surface area contributed by atoms with Gasteiger partial charge in [-0.25, -0.2) is 4.68 Å². The lowest BCUT2D eigenvalue weighted by Gasteiger charge is -2.26. The van der Waals surface area contributed by atoms with Gasteiger partial charge in [-0.15, -0.1) is 5.10 Å². The highest BCUT2D eigenvalue weighted by Gasteiger charge is 2.32. The molecule has 0 aliphatic carbocycles. The Morgan fingerprint density at radius 1 is 1.37 bits per heavy atom. The van der Waals surface area contributed by atoms with Crippen molar-refractivity contribution < 1.29 is 9.53 Å². The summed E-state index contributed by atoms with van der Waals surface area (Å²) in [5, 5.41) is 11.9. The Hall–Kier alpha value is -2.48. The molecular formula is C19H28N6O2. The molecule has 8 heteroatoms. The topological polar surface area (TPSA) is 76.4 Å². The van der Waals surface area contributed by atoms with Crippen LogP contribution in [0.1, 0.15) is 44.1 Å². The summed E-state index contributed by atoms with van der Waals surface area (Å²) in [4.78, 5) is 17.1. The molecule has 3 rings (SSSR count). The Bertz CT molecular complexity index is 775. The molecule has 146 valence electrons. The lowest BCUT2D eigenvalue weighted by Crippen LogP contribution is -2.35. The van der Waals surface area contributed by atoms with Crippen molar-refractivity contribution in [3.63, 3.8) is 0 Å². The van der Waals surface area contributed by atoms with Gasteiger partial charge >= 0.3 is 0 Å². The highest BCUT2D eigenvalue weighted by molar-refractivity contribution is 5.77. The standard InChI is InChI=1S/C19H28N6O2/c1-14(2)23(3)12-18-20-21-22-25(18)13-19(26)24-11-7-9-16(24)15-8-5-6-10-17(15)27-4/h5-6,8,10,14,16H,7,9,11-13H2,1-4H3. The summed E-state index contributed by atoms with van der Waals surface area (Å²) in [7, 11) is 3.68. The van der Waals surface area contributed by atoms with Crippen LogP contribution in [-0.4, -0.2) is 62.7 Å². The van der Waals surface area contributed by atoms with Crippen LogP contribution < -0.4 is 4.74 Å². The first kappa shape index (κ1) is 19.3. The van der Waals surface area contributed by atoms with Crippen LogP contribution >= 0.6 is 0 Å². The van der Waals surface area contributed by atoms with Crippen LogP contribution in [0.3, 0.4) is 0 Å². The van der Waals surface area contributed by atoms with Crippen LogP contribution in [0.25, 0.3) is 0 Å². The average molecular weight is 372 g/mol. The summed E-state index contributed by atoms with van der Waals surface area (Å²) in [5.41, 5.74) is 1.06. The number of carbonyl (C=O) groups excluding carboxylic acids is 1. The second kappa shape index (κ2) is 8.47. The molecule has 0 saturated carbocycles. The van der Waals surface area contributed by atoms with Crippen LogP contribution in [0.15, 0.2) is 24.3 Å². The molecule has 0 spiro atoms. The van der Waals surface area contributed by atoms with E-state index in [2.05, 4.69) is 34.3 Å². The summed E-state index contributed by atoms with van der Waals surface area (Å²) in [5.74, 6) is 1.56. The Balaban J connectivity index is 1.74. The molecule has 1 aliphatic rings. The van der Waals surface area contributed by atoms with Gasteiger partial charge in [-0.3, -0.25) is 9.69 Å². The highest BCUT2D eigenvalue weighted by atomic mass is 16.5. The molecule has 1 aromatic carbocycles. The van der Waals surface area contributed by atoms with E-state index in [1.165, 1.54) is 0 Å². The number of tetrazole rings is 1. The first-order chi connectivity index (χ1) is 13.0. The Kier molecular flexibility index (Phi) is 6.05. The summed E-state index contributed by atoms with van der Waals surface area (Å²) >= 11 is 0. The minimum Gasteiger partial charge on any atom is -0.496 e. The number of hydrogen-bond donors (Lipinski definition) is 0. The molecule has 27 heavy (non-hydrogen) atoms. The van der Waals surface area contributed by atoms with E-state index < -0.39 is 0 Å². The van der Waals surface area contributed by atoms with E-state index in [1.54, 1.807) is 11.8 Å². The lowest BCUT2D eigenvalue weighted by molar-refractivity contribution is -0.133. The number of rotatable bonds is 7. The molecule has 1 fully saturated rings. The van der Waals surface area contributed by atoms with Crippen LogP contribution in [0.4, 0.5) is 0 Å². The van der Waals surface area contributed by atoms with Crippen LogP contribution in [0.2, 0.25) is 0 Å². The molecule has 0 radical (unpaired) electrons. The Morgan fingerprint density at radius 3 is 2.89 bits per heavy atom. The SMILES string of the molecule is COc1ccccc1C1CCCN1C(=O)Cn1nnnc1CN(C)C(C)C. The third-order valence-electron chi connectivity index (χ3n) is 5.23. The molecule has 1 aromatic heterocycles. The highest BCUT2D eigenvalue weighted by Crippen LogP contribution is 2.36. The van der Waals surface area contributed by atoms with Gasteiger partial charge in [0.15, 0.2) is 5.82 Å². The number of carbonyl (C=O) groups is 1. The molecular weight excluding hydrogens is 344 g/mol. The zero-order valence-corrected chi connectivity index (χ0v) is 16.5. The van der Waals surface area contributed by atoms with E-state index in [9.17, 15) is 4.79 Å². The Labute approximate surface area is 160 Å². The maximum atomic E-state index is 13.0. The number of aromatic nitrogens is 4. The van der Waals surface area contributed by atoms with Crippen LogP contribution in [-0.2, 0) is 17.9 Å². The zero-order valence-electron chi connectivity index (χ0n) is 16.5. The summed E-state index contributed by atoms with van der Waals surface area (Å²) in [6, 6.07) is 8.32. The van der Waals surface area contributed by atoms with Gasteiger partial charge in [0.05, 0.1) is 19.7 Å². The van der Waals surface area contributed by atoms with Crippen molar-refractivity contribution in [1.29, 1.82) is 0 Å². The van der Waals surface area contributed by atoms with Crippen molar-refractivity contribution in [2.24, 2.45) is 0 Å². The van der Waals surface area contributed by atoms with E-state index in [0.717, 1.165) is 30.7 Å². The molecule has 0 N–H and O–H groups in total. The molecule has 1 saturated heterocycles. The van der Waals surface area contributed by atoms with Crippen molar-refractivity contribution >= 4 is 5.91 Å². The molecule has 1 amide bonds. The molecule has 8 nitrogen and oxygen atoms in total. The second-order valence-corrected chi connectivity index (χ2v) is 7.25. The molecule has 1 unspecified atom stereocenters. The molecule has 0 bridgehead atoms. The van der Waals surface area contributed by atoms with E-state index >= 15 is 0 Å². The second-order valence-electron chi connectivity index (χ2n) is 7.25. The zero-order chi connectivity index (χ0) is 19.4. The predicted molar refractivity (Wildman–Crippen MR) is 101 cm³/mol. The number of methoxy groups -OCH3 is 1. The fourth-order valence-corrected chi connectivity index (χ4v) is 3.41. The van der Waals surface area contributed by atoms with Crippen LogP contribution in [0, 0.1) is 0 Å². The number of hydrogen-bond acceptors (Lipinski definition) is 6. The number of para-hydroxylation sites is 1. The normalized spacial score (nSPS) is 17.1. The van der Waals surface area contributed by atoms with Crippen molar-refractivity contribution in [3.05, 3.63) is 35.7 Å². The van der Waals surface area contributed by atoms with Crippen molar-refractivity contribution in [2.75, 3.05) is 20.7 Å². The number of benzene rings is 1. The van der Waals surface area contributed by atoms with Crippen molar-refractivity contribution in [1.82, 2.24) is 30.0 Å². The van der Waals surface area contributed by atoms with Crippen molar-refractivity contribution in [2.45, 2.75) is 51.9 Å². The quantitative estimate of drug-likeness (QED) is 0.739. The predicted octanol–water partition coefficient (Wildman–Crippen LogP) is 1.89. The maximum Gasteiger partial charge on any atom is 0.244 e. The third kappa shape index (κ3) is 4.27. The fourth-order valence-electron chi connectivity index (χ4n) is 3.41. The average Bonchev–Trinajstić information content (AvgIpc) is 3.31. The van der Waals surface area contributed by atoms with E-state index in [-0.39, 0.29) is 18.5 Å². The van der Waals surface area contributed by atoms with Gasteiger partial charge < -0.3 is 9.64 Å². The summed E-state index contributed by atoms with van der Waals surface area (Å²) in [6.07, 6.45) is 1.91. The minimum absolute atomic E-state index is 0.0316. The molecule has 1 atom stereocenters. The third-order valence-corrected chi connectivity index (χ3v) is 5.23. The van der Waals surface area contributed by atoms with E-state index in [1.807, 2.05) is 36.2 Å². The first-order valence-corrected chi connectivity index (χ1v) is 9.39. The van der Waals surface area contributed by atoms with Gasteiger partial charge in [0, 0.05) is 18.2 Å². The monoisotopic (exact) mass is 372 g/mol. The Morgan fingerprint density at radius 2 is 2.15 bits per heavy atom. The fraction of sp³-hybridized carbons (Fsp3) is 0.579. The number of nitrogens with zero attached hydrogens (tertiary/aromatic N) is 6. The van der Waals surface area contributed by atoms with Crippen molar-refractivity contribution in [3.8, 4) is 5.75 Å². The summed E-state index contributed by atoms with van der Waals surface area (Å²) in [6.45, 7) is 5.72. The largest absolute Gasteiger partial charge is 0.496 e. The maximum absolute atomic E-state index is 13.0. The van der Waals surface area contributed by atoms with E-state index in [0.29, 0.717) is 18.4 Å². The number of amides is 1. The van der Waals surface area contributed by atoms with Crippen LogP contribution in [0.5, 0.6) is 5.75 Å². The number of likely N-dealkylation sites (tertiary alicyclic amines) is 1. The first-order valence-electron chi connectivity index (χ1n) is 9.39. The smallest absolute Gasteiger partial charge is 0.244 e. The van der Waals surface area contributed by atoms with Gasteiger partial charge in [0.1, 0.15) is 12.3 Å². The lowest BCUT2D eigenvalue weighted by atomic mass is 10.0. The van der Waals surface area contributed by atoms with E-state index in [4.69, 9.17) is 4.74 Å². The minimum atomic E-state index is 0.0316. The summed E-state index contributed by atoms with van der Waals surface area (Å²) < 4.78 is 7.11. The molecule has 2 aromatic rings. The molecule has 1 aliphatic heterocycles. The van der Waals surface area contributed by atoms with Gasteiger partial charge in [0.25, 0.3) is 0 Å². The van der Waals surface area contributed by atoms with Gasteiger partial charge in [-0.05, 0) is 50.2 Å². The number of ether oxygens (including phenoxy) is 1. The van der Waals surface area contributed by atoms with Gasteiger partial charge in [-0.1, -0.05) is 18.2 Å². The molecule has 2 heterocycles. The van der Waals surface area contributed by atoms with Gasteiger partial charge in [0.2, 0.25) is 5.91 Å².